The Hall–Kier alpha value is -1.92. The summed E-state index contributed by atoms with van der Waals surface area (Å²) in [5.41, 5.74) is 8.15. The Balaban J connectivity index is 2.45. The summed E-state index contributed by atoms with van der Waals surface area (Å²) in [5.74, 6) is -1.31. The molecule has 1 aromatic carbocycles. The number of anilines is 1. The molecule has 0 radical (unpaired) electrons. The molecule has 0 fully saturated rings. The van der Waals surface area contributed by atoms with E-state index in [4.69, 9.17) is 5.73 Å². The number of unbranched alkanes of at least 4 members (excludes halogenated alkanes) is 3. The third-order valence-electron chi connectivity index (χ3n) is 3.88. The van der Waals surface area contributed by atoms with E-state index in [9.17, 15) is 14.7 Å². The van der Waals surface area contributed by atoms with Gasteiger partial charge in [0.25, 0.3) is 0 Å². The van der Waals surface area contributed by atoms with E-state index in [2.05, 4.69) is 10.6 Å². The maximum Gasteiger partial charge on any atom is 0.321 e. The molecule has 24 heavy (non-hydrogen) atoms. The van der Waals surface area contributed by atoms with Gasteiger partial charge in [-0.1, -0.05) is 25.0 Å². The molecule has 0 spiro atoms. The van der Waals surface area contributed by atoms with Crippen LogP contribution in [0.1, 0.15) is 43.2 Å². The minimum Gasteiger partial charge on any atom is -0.480 e. The molecule has 5 N–H and O–H groups in total. The van der Waals surface area contributed by atoms with Crippen molar-refractivity contribution in [3.8, 4) is 0 Å². The Kier molecular flexibility index (Phi) is 9.04. The lowest BCUT2D eigenvalue weighted by Gasteiger charge is -2.15. The Morgan fingerprint density at radius 1 is 1.17 bits per heavy atom. The highest BCUT2D eigenvalue weighted by atomic mass is 16.4. The summed E-state index contributed by atoms with van der Waals surface area (Å²) in [6.07, 6.45) is 3.82. The third kappa shape index (κ3) is 7.57. The van der Waals surface area contributed by atoms with E-state index in [0.29, 0.717) is 13.1 Å². The number of nitrogens with one attached hydrogen (secondary N) is 2. The number of hydrogen-bond acceptors (Lipinski definition) is 4. The van der Waals surface area contributed by atoms with Crippen LogP contribution in [0.15, 0.2) is 18.2 Å². The van der Waals surface area contributed by atoms with E-state index in [-0.39, 0.29) is 12.3 Å². The highest BCUT2D eigenvalue weighted by molar-refractivity contribution is 5.94. The Labute approximate surface area is 143 Å². The van der Waals surface area contributed by atoms with Gasteiger partial charge in [0, 0.05) is 5.69 Å². The highest BCUT2D eigenvalue weighted by Gasteiger charge is 2.20. The van der Waals surface area contributed by atoms with Gasteiger partial charge in [0.1, 0.15) is 6.04 Å². The predicted molar refractivity (Wildman–Crippen MR) is 96.1 cm³/mol. The molecule has 1 amide bonds. The summed E-state index contributed by atoms with van der Waals surface area (Å²) in [6.45, 7) is 5.12. The number of carboxylic acids is 1. The molecule has 0 aliphatic carbocycles. The van der Waals surface area contributed by atoms with Gasteiger partial charge < -0.3 is 21.5 Å². The van der Waals surface area contributed by atoms with Crippen LogP contribution in [-0.2, 0) is 9.59 Å². The van der Waals surface area contributed by atoms with E-state index in [1.165, 1.54) is 0 Å². The van der Waals surface area contributed by atoms with Crippen LogP contribution < -0.4 is 16.4 Å². The zero-order valence-electron chi connectivity index (χ0n) is 14.6. The first-order valence-electron chi connectivity index (χ1n) is 8.47. The quantitative estimate of drug-likeness (QED) is 0.464. The monoisotopic (exact) mass is 335 g/mol. The van der Waals surface area contributed by atoms with Crippen molar-refractivity contribution in [2.45, 2.75) is 52.0 Å². The Morgan fingerprint density at radius 3 is 2.54 bits per heavy atom. The number of amides is 1. The maximum atomic E-state index is 12.1. The van der Waals surface area contributed by atoms with Crippen molar-refractivity contribution < 1.29 is 14.7 Å². The number of carboxylic acid groups (broad SMARTS) is 1. The number of aliphatic carboxylic acids is 1. The molecule has 134 valence electrons. The van der Waals surface area contributed by atoms with Crippen molar-refractivity contribution in [1.29, 1.82) is 0 Å². The van der Waals surface area contributed by atoms with Crippen LogP contribution in [0.5, 0.6) is 0 Å². The molecular weight excluding hydrogens is 306 g/mol. The van der Waals surface area contributed by atoms with E-state index >= 15 is 0 Å². The predicted octanol–water partition coefficient (Wildman–Crippen LogP) is 2.19. The molecule has 0 saturated heterocycles. The lowest BCUT2D eigenvalue weighted by molar-refractivity contribution is -0.141. The molecule has 6 nitrogen and oxygen atoms in total. The van der Waals surface area contributed by atoms with E-state index in [1.54, 1.807) is 0 Å². The number of carbonyl (C=O) groups excluding carboxylic acids is 1. The molecule has 0 aliphatic rings. The van der Waals surface area contributed by atoms with Crippen molar-refractivity contribution in [1.82, 2.24) is 5.32 Å². The second-order valence-electron chi connectivity index (χ2n) is 6.12. The molecule has 1 rings (SSSR count). The van der Waals surface area contributed by atoms with Gasteiger partial charge in [-0.25, -0.2) is 0 Å². The van der Waals surface area contributed by atoms with Gasteiger partial charge in [-0.3, -0.25) is 9.59 Å². The standard InChI is InChI=1S/C18H29N3O3/c1-13-7-8-14(2)15(11-13)21-17(22)12-16(18(23)24)20-10-6-4-3-5-9-19/h7-8,11,16,20H,3-6,9-10,12,19H2,1-2H3,(H,21,22)(H,23,24)/t16-/m1/s1. The van der Waals surface area contributed by atoms with Gasteiger partial charge in [-0.2, -0.15) is 0 Å². The average molecular weight is 335 g/mol. The molecule has 0 heterocycles. The minimum absolute atomic E-state index is 0.0918. The SMILES string of the molecule is Cc1ccc(C)c(NC(=O)C[C@@H](NCCCCCCN)C(=O)O)c1. The molecule has 1 aromatic rings. The first kappa shape index (κ1) is 20.1. The zero-order valence-corrected chi connectivity index (χ0v) is 14.6. The largest absolute Gasteiger partial charge is 0.480 e. The summed E-state index contributed by atoms with van der Waals surface area (Å²) in [7, 11) is 0. The lowest BCUT2D eigenvalue weighted by atomic mass is 10.1. The fraction of sp³-hybridized carbons (Fsp3) is 0.556. The second kappa shape index (κ2) is 10.8. The van der Waals surface area contributed by atoms with Gasteiger partial charge in [-0.05, 0) is 57.0 Å². The minimum atomic E-state index is -1.01. The van der Waals surface area contributed by atoms with Crippen molar-refractivity contribution in [2.75, 3.05) is 18.4 Å². The second-order valence-corrected chi connectivity index (χ2v) is 6.12. The Morgan fingerprint density at radius 2 is 1.88 bits per heavy atom. The molecule has 0 aromatic heterocycles. The number of aryl methyl sites for hydroxylation is 2. The van der Waals surface area contributed by atoms with Crippen LogP contribution in [0, 0.1) is 13.8 Å². The average Bonchev–Trinajstić information content (AvgIpc) is 2.52. The van der Waals surface area contributed by atoms with E-state index in [1.807, 2.05) is 32.0 Å². The summed E-state index contributed by atoms with van der Waals surface area (Å²) in [6, 6.07) is 4.91. The number of rotatable bonds is 11. The zero-order chi connectivity index (χ0) is 17.9. The molecule has 0 bridgehead atoms. The van der Waals surface area contributed by atoms with Crippen molar-refractivity contribution in [2.24, 2.45) is 5.73 Å². The third-order valence-corrected chi connectivity index (χ3v) is 3.88. The van der Waals surface area contributed by atoms with E-state index < -0.39 is 12.0 Å². The first-order valence-corrected chi connectivity index (χ1v) is 8.47. The molecule has 0 aliphatic heterocycles. The van der Waals surface area contributed by atoms with Crippen LogP contribution in [-0.4, -0.2) is 36.1 Å². The first-order chi connectivity index (χ1) is 11.4. The van der Waals surface area contributed by atoms with Gasteiger partial charge in [-0.15, -0.1) is 0 Å². The molecular formula is C18H29N3O3. The molecule has 0 unspecified atom stereocenters. The summed E-state index contributed by atoms with van der Waals surface area (Å²) < 4.78 is 0. The smallest absolute Gasteiger partial charge is 0.321 e. The summed E-state index contributed by atoms with van der Waals surface area (Å²) in [4.78, 5) is 23.5. The highest BCUT2D eigenvalue weighted by Crippen LogP contribution is 2.16. The van der Waals surface area contributed by atoms with Crippen LogP contribution >= 0.6 is 0 Å². The van der Waals surface area contributed by atoms with Crippen molar-refractivity contribution >= 4 is 17.6 Å². The van der Waals surface area contributed by atoms with Gasteiger partial charge >= 0.3 is 5.97 Å². The van der Waals surface area contributed by atoms with Gasteiger partial charge in [0.05, 0.1) is 6.42 Å². The van der Waals surface area contributed by atoms with Crippen molar-refractivity contribution in [3.63, 3.8) is 0 Å². The maximum absolute atomic E-state index is 12.1. The number of nitrogens with two attached hydrogens (primary N) is 1. The number of carbonyl (C=O) groups is 2. The van der Waals surface area contributed by atoms with Crippen LogP contribution in [0.3, 0.4) is 0 Å². The normalized spacial score (nSPS) is 12.0. The summed E-state index contributed by atoms with van der Waals surface area (Å²) >= 11 is 0. The van der Waals surface area contributed by atoms with Crippen LogP contribution in [0.4, 0.5) is 5.69 Å². The fourth-order valence-electron chi connectivity index (χ4n) is 2.40. The van der Waals surface area contributed by atoms with E-state index in [0.717, 1.165) is 42.5 Å². The van der Waals surface area contributed by atoms with Crippen molar-refractivity contribution in [3.05, 3.63) is 29.3 Å². The lowest BCUT2D eigenvalue weighted by Crippen LogP contribution is -2.40. The number of hydrogen-bond donors (Lipinski definition) is 4. The number of benzene rings is 1. The van der Waals surface area contributed by atoms with Gasteiger partial charge in [0.15, 0.2) is 0 Å². The van der Waals surface area contributed by atoms with Gasteiger partial charge in [0.2, 0.25) is 5.91 Å². The molecule has 6 heteroatoms. The van der Waals surface area contributed by atoms with Crippen LogP contribution in [0.2, 0.25) is 0 Å². The molecule has 0 saturated carbocycles. The Bertz CT molecular complexity index is 546. The topological polar surface area (TPSA) is 104 Å². The molecule has 1 atom stereocenters. The summed E-state index contributed by atoms with van der Waals surface area (Å²) in [5, 5.41) is 15.0. The fourth-order valence-corrected chi connectivity index (χ4v) is 2.40. The van der Waals surface area contributed by atoms with Crippen LogP contribution in [0.25, 0.3) is 0 Å².